The Morgan fingerprint density at radius 1 is 1.38 bits per heavy atom. The van der Waals surface area contributed by atoms with Gasteiger partial charge in [-0.25, -0.2) is 13.4 Å². The Morgan fingerprint density at radius 2 is 2.00 bits per heavy atom. The summed E-state index contributed by atoms with van der Waals surface area (Å²) in [4.78, 5) is 6.07. The van der Waals surface area contributed by atoms with Crippen molar-refractivity contribution in [3.05, 3.63) is 22.8 Å². The van der Waals surface area contributed by atoms with Gasteiger partial charge in [-0.05, 0) is 32.4 Å². The minimum absolute atomic E-state index is 0.00501. The molecule has 1 aromatic heterocycles. The lowest BCUT2D eigenvalue weighted by Crippen LogP contribution is -2.35. The molecule has 0 unspecified atom stereocenters. The Morgan fingerprint density at radius 3 is 2.52 bits per heavy atom. The van der Waals surface area contributed by atoms with Gasteiger partial charge >= 0.3 is 0 Å². The van der Waals surface area contributed by atoms with E-state index in [0.717, 1.165) is 5.56 Å². The number of nitrogens with one attached hydrogen (secondary N) is 1. The molecule has 1 heterocycles. The smallest absolute Gasteiger partial charge is 0.149 e. The highest BCUT2D eigenvalue weighted by atomic mass is 35.5. The molecule has 1 aromatic rings. The molecule has 1 rings (SSSR count). The van der Waals surface area contributed by atoms with Crippen molar-refractivity contribution in [1.82, 2.24) is 10.3 Å². The molecule has 0 radical (unpaired) electrons. The van der Waals surface area contributed by atoms with Crippen molar-refractivity contribution in [1.29, 1.82) is 0 Å². The molecule has 7 heteroatoms. The number of hydrogen-bond acceptors (Lipinski definition) is 5. The number of hydrogen-bond donors (Lipinski definition) is 1. The molecule has 0 saturated carbocycles. The highest BCUT2D eigenvalue weighted by molar-refractivity contribution is 7.90. The van der Waals surface area contributed by atoms with Crippen LogP contribution in [0.15, 0.2) is 12.3 Å². The Kier molecular flexibility index (Phi) is 6.01. The van der Waals surface area contributed by atoms with Gasteiger partial charge in [0.25, 0.3) is 0 Å². The van der Waals surface area contributed by atoms with Gasteiger partial charge in [-0.15, -0.1) is 0 Å². The van der Waals surface area contributed by atoms with Crippen LogP contribution in [-0.4, -0.2) is 44.5 Å². The summed E-state index contributed by atoms with van der Waals surface area (Å²) in [5.74, 6) is 0.817. The first-order chi connectivity index (χ1) is 9.48. The van der Waals surface area contributed by atoms with Crippen LogP contribution in [-0.2, 0) is 16.4 Å². The van der Waals surface area contributed by atoms with Crippen LogP contribution in [0, 0.1) is 0 Å². The van der Waals surface area contributed by atoms with Gasteiger partial charge in [-0.3, -0.25) is 0 Å². The minimum Gasteiger partial charge on any atom is -0.359 e. The molecule has 0 aliphatic rings. The number of anilines is 1. The zero-order valence-corrected chi connectivity index (χ0v) is 14.8. The number of pyridine rings is 1. The van der Waals surface area contributed by atoms with Gasteiger partial charge in [0.05, 0.1) is 10.8 Å². The maximum absolute atomic E-state index is 11.2. The number of sulfone groups is 1. The Hall–Kier alpha value is -0.850. The van der Waals surface area contributed by atoms with E-state index >= 15 is 0 Å². The van der Waals surface area contributed by atoms with Crippen LogP contribution in [0.4, 0.5) is 5.82 Å². The zero-order chi connectivity index (χ0) is 16.3. The molecule has 0 amide bonds. The van der Waals surface area contributed by atoms with Crippen LogP contribution in [0.5, 0.6) is 0 Å². The van der Waals surface area contributed by atoms with Gasteiger partial charge < -0.3 is 10.2 Å². The molecule has 0 aliphatic heterocycles. The molecule has 0 fully saturated rings. The zero-order valence-electron chi connectivity index (χ0n) is 13.3. The summed E-state index contributed by atoms with van der Waals surface area (Å²) in [6.07, 6.45) is 2.84. The summed E-state index contributed by atoms with van der Waals surface area (Å²) in [6, 6.07) is 1.89. The lowest BCUT2D eigenvalue weighted by molar-refractivity contribution is 0.424. The van der Waals surface area contributed by atoms with Crippen LogP contribution >= 0.6 is 11.6 Å². The molecule has 0 spiro atoms. The molecule has 0 aromatic carbocycles. The molecule has 5 nitrogen and oxygen atoms in total. The second-order valence-corrected chi connectivity index (χ2v) is 8.96. The summed E-state index contributed by atoms with van der Waals surface area (Å²) in [5, 5.41) is 3.98. The van der Waals surface area contributed by atoms with Crippen LogP contribution in [0.25, 0.3) is 0 Å². The van der Waals surface area contributed by atoms with Crippen molar-refractivity contribution in [3.8, 4) is 0 Å². The summed E-state index contributed by atoms with van der Waals surface area (Å²) in [5.41, 5.74) is 0.942. The normalized spacial score (nSPS) is 12.5. The predicted octanol–water partition coefficient (Wildman–Crippen LogP) is 2.10. The average Bonchev–Trinajstić information content (AvgIpc) is 2.33. The SMILES string of the molecule is CN(CCS(C)(=O)=O)c1cc(CNC(C)(C)C)c(Cl)cn1. The lowest BCUT2D eigenvalue weighted by Gasteiger charge is -2.22. The molecule has 120 valence electrons. The highest BCUT2D eigenvalue weighted by Crippen LogP contribution is 2.20. The molecule has 21 heavy (non-hydrogen) atoms. The van der Waals surface area contributed by atoms with E-state index in [4.69, 9.17) is 11.6 Å². The van der Waals surface area contributed by atoms with Crippen LogP contribution in [0.1, 0.15) is 26.3 Å². The van der Waals surface area contributed by atoms with E-state index in [1.165, 1.54) is 6.26 Å². The van der Waals surface area contributed by atoms with Crippen molar-refractivity contribution < 1.29 is 8.42 Å². The quantitative estimate of drug-likeness (QED) is 0.863. The van der Waals surface area contributed by atoms with E-state index in [1.807, 2.05) is 18.0 Å². The van der Waals surface area contributed by atoms with Crippen LogP contribution in [0.2, 0.25) is 5.02 Å². The van der Waals surface area contributed by atoms with E-state index < -0.39 is 9.84 Å². The van der Waals surface area contributed by atoms with E-state index in [2.05, 4.69) is 31.1 Å². The standard InChI is InChI=1S/C14H24ClN3O2S/c1-14(2,3)17-9-11-8-13(16-10-12(11)15)18(4)6-7-21(5,19)20/h8,10,17H,6-7,9H2,1-5H3. The number of nitrogens with zero attached hydrogens (tertiary/aromatic N) is 2. The third-order valence-corrected chi connectivity index (χ3v) is 4.18. The van der Waals surface area contributed by atoms with Crippen LogP contribution in [0.3, 0.4) is 0 Å². The Bertz CT molecular complexity index is 582. The predicted molar refractivity (Wildman–Crippen MR) is 88.8 cm³/mol. The van der Waals surface area contributed by atoms with Gasteiger partial charge in [-0.1, -0.05) is 11.6 Å². The van der Waals surface area contributed by atoms with Crippen LogP contribution < -0.4 is 10.2 Å². The molecule has 1 N–H and O–H groups in total. The number of rotatable bonds is 6. The Balaban J connectivity index is 2.80. The molecule has 0 aliphatic carbocycles. The third kappa shape index (κ3) is 7.11. The molecule has 0 bridgehead atoms. The van der Waals surface area contributed by atoms with Gasteiger partial charge in [0.15, 0.2) is 0 Å². The topological polar surface area (TPSA) is 62.3 Å². The van der Waals surface area contributed by atoms with E-state index in [1.54, 1.807) is 6.20 Å². The van der Waals surface area contributed by atoms with Crippen molar-refractivity contribution in [2.45, 2.75) is 32.9 Å². The van der Waals surface area contributed by atoms with Gasteiger partial charge in [0.2, 0.25) is 0 Å². The van der Waals surface area contributed by atoms with E-state index in [0.29, 0.717) is 23.9 Å². The highest BCUT2D eigenvalue weighted by Gasteiger charge is 2.13. The molecular weight excluding hydrogens is 310 g/mol. The first kappa shape index (κ1) is 18.2. The van der Waals surface area contributed by atoms with Crippen molar-refractivity contribution >= 4 is 27.3 Å². The maximum atomic E-state index is 11.2. The molecular formula is C14H24ClN3O2S. The monoisotopic (exact) mass is 333 g/mol. The number of aromatic nitrogens is 1. The van der Waals surface area contributed by atoms with Gasteiger partial charge in [-0.2, -0.15) is 0 Å². The average molecular weight is 334 g/mol. The maximum Gasteiger partial charge on any atom is 0.149 e. The second kappa shape index (κ2) is 6.94. The summed E-state index contributed by atoms with van der Waals surface area (Å²) >= 11 is 6.16. The fourth-order valence-corrected chi connectivity index (χ4v) is 2.37. The lowest BCUT2D eigenvalue weighted by atomic mass is 10.1. The second-order valence-electron chi connectivity index (χ2n) is 6.29. The largest absolute Gasteiger partial charge is 0.359 e. The van der Waals surface area contributed by atoms with Gasteiger partial charge in [0, 0.05) is 38.1 Å². The minimum atomic E-state index is -2.98. The molecule has 0 saturated heterocycles. The van der Waals surface area contributed by atoms with Gasteiger partial charge in [0.1, 0.15) is 15.7 Å². The summed E-state index contributed by atoms with van der Waals surface area (Å²) in [6.45, 7) is 7.29. The number of halogens is 1. The first-order valence-corrected chi connectivity index (χ1v) is 9.20. The molecule has 0 atom stereocenters. The summed E-state index contributed by atoms with van der Waals surface area (Å²) < 4.78 is 22.4. The van der Waals surface area contributed by atoms with Crippen molar-refractivity contribution in [2.75, 3.05) is 30.5 Å². The Labute approximate surface area is 132 Å². The van der Waals surface area contributed by atoms with E-state index in [9.17, 15) is 8.42 Å². The fraction of sp³-hybridized carbons (Fsp3) is 0.643. The van der Waals surface area contributed by atoms with E-state index in [-0.39, 0.29) is 11.3 Å². The van der Waals surface area contributed by atoms with Crippen molar-refractivity contribution in [3.63, 3.8) is 0 Å². The first-order valence-electron chi connectivity index (χ1n) is 6.76. The van der Waals surface area contributed by atoms with Crippen molar-refractivity contribution in [2.24, 2.45) is 0 Å². The fourth-order valence-electron chi connectivity index (χ4n) is 1.59. The third-order valence-electron chi connectivity index (χ3n) is 2.92. The summed E-state index contributed by atoms with van der Waals surface area (Å²) in [7, 11) is -1.16.